The van der Waals surface area contributed by atoms with Crippen molar-refractivity contribution in [3.8, 4) is 11.5 Å². The third-order valence-electron chi connectivity index (χ3n) is 2.94. The van der Waals surface area contributed by atoms with Crippen LogP contribution >= 0.6 is 23.1 Å². The fourth-order valence-electron chi connectivity index (χ4n) is 1.94. The van der Waals surface area contributed by atoms with Gasteiger partial charge in [-0.2, -0.15) is 0 Å². The number of fused-ring (bicyclic) bond motifs is 1. The molecule has 0 saturated heterocycles. The lowest BCUT2D eigenvalue weighted by Crippen LogP contribution is -1.76. The van der Waals surface area contributed by atoms with Crippen LogP contribution in [-0.4, -0.2) is 15.2 Å². The largest absolute Gasteiger partial charge is 0.469 e. The monoisotopic (exact) mass is 315 g/mol. The number of benzene rings is 1. The fourth-order valence-corrected chi connectivity index (χ4v) is 3.78. The van der Waals surface area contributed by atoms with E-state index in [1.165, 1.54) is 11.8 Å². The third kappa shape index (κ3) is 2.34. The number of nitrogens with zero attached hydrogens (tertiary/aromatic N) is 3. The molecule has 0 aliphatic rings. The summed E-state index contributed by atoms with van der Waals surface area (Å²) in [5.41, 5.74) is 1.80. The average Bonchev–Trinajstić information content (AvgIpc) is 3.17. The van der Waals surface area contributed by atoms with Gasteiger partial charge in [-0.1, -0.05) is 12.1 Å². The molecule has 0 bridgehead atoms. The lowest BCUT2D eigenvalue weighted by atomic mass is 10.3. The molecule has 5 nitrogen and oxygen atoms in total. The quantitative estimate of drug-likeness (QED) is 0.558. The summed E-state index contributed by atoms with van der Waals surface area (Å²) < 4.78 is 12.9. The van der Waals surface area contributed by atoms with E-state index in [4.69, 9.17) is 8.83 Å². The SMILES string of the molecule is Cc1occc1-c1nnc(Sc2nc3ccccc3s2)o1. The number of thiazole rings is 1. The van der Waals surface area contributed by atoms with Gasteiger partial charge in [-0.3, -0.25) is 0 Å². The Morgan fingerprint density at radius 1 is 1.14 bits per heavy atom. The van der Waals surface area contributed by atoms with Gasteiger partial charge in [0, 0.05) is 11.8 Å². The van der Waals surface area contributed by atoms with Crippen molar-refractivity contribution in [3.05, 3.63) is 42.4 Å². The Morgan fingerprint density at radius 2 is 2.05 bits per heavy atom. The van der Waals surface area contributed by atoms with Crippen LogP contribution in [0.15, 0.2) is 55.0 Å². The van der Waals surface area contributed by atoms with Crippen molar-refractivity contribution in [2.75, 3.05) is 0 Å². The number of aromatic nitrogens is 3. The molecule has 0 amide bonds. The van der Waals surface area contributed by atoms with Crippen LogP contribution in [0.25, 0.3) is 21.7 Å². The zero-order valence-electron chi connectivity index (χ0n) is 10.9. The van der Waals surface area contributed by atoms with Crippen molar-refractivity contribution in [1.82, 2.24) is 15.2 Å². The van der Waals surface area contributed by atoms with Gasteiger partial charge >= 0.3 is 0 Å². The topological polar surface area (TPSA) is 65.0 Å². The Morgan fingerprint density at radius 3 is 2.86 bits per heavy atom. The highest BCUT2D eigenvalue weighted by molar-refractivity contribution is 8.00. The summed E-state index contributed by atoms with van der Waals surface area (Å²) in [4.78, 5) is 4.53. The Hall–Kier alpha value is -2.12. The Bertz CT molecular complexity index is 877. The molecule has 4 aromatic rings. The molecule has 4 rings (SSSR count). The zero-order chi connectivity index (χ0) is 14.2. The molecule has 0 saturated carbocycles. The lowest BCUT2D eigenvalue weighted by Gasteiger charge is -1.90. The summed E-state index contributed by atoms with van der Waals surface area (Å²) in [5.74, 6) is 1.22. The highest BCUT2D eigenvalue weighted by Gasteiger charge is 2.15. The predicted octanol–water partition coefficient (Wildman–Crippen LogP) is 4.40. The number of hydrogen-bond donors (Lipinski definition) is 0. The van der Waals surface area contributed by atoms with E-state index in [-0.39, 0.29) is 0 Å². The Kier molecular flexibility index (Phi) is 3.01. The zero-order valence-corrected chi connectivity index (χ0v) is 12.6. The van der Waals surface area contributed by atoms with Gasteiger partial charge in [0.05, 0.1) is 22.0 Å². The van der Waals surface area contributed by atoms with Gasteiger partial charge in [-0.15, -0.1) is 21.5 Å². The second-order valence-corrected chi connectivity index (χ2v) is 6.54. The van der Waals surface area contributed by atoms with E-state index in [1.807, 2.05) is 37.3 Å². The number of hydrogen-bond acceptors (Lipinski definition) is 7. The van der Waals surface area contributed by atoms with E-state index in [2.05, 4.69) is 15.2 Å². The minimum absolute atomic E-state index is 0.463. The molecule has 0 radical (unpaired) electrons. The molecule has 21 heavy (non-hydrogen) atoms. The summed E-state index contributed by atoms with van der Waals surface area (Å²) >= 11 is 2.98. The van der Waals surface area contributed by atoms with Crippen LogP contribution in [-0.2, 0) is 0 Å². The molecule has 0 unspecified atom stereocenters. The normalized spacial score (nSPS) is 11.3. The minimum Gasteiger partial charge on any atom is -0.469 e. The van der Waals surface area contributed by atoms with Gasteiger partial charge in [0.2, 0.25) is 0 Å². The number of rotatable bonds is 3. The fraction of sp³-hybridized carbons (Fsp3) is 0.0714. The first-order chi connectivity index (χ1) is 10.3. The molecular weight excluding hydrogens is 306 g/mol. The smallest absolute Gasteiger partial charge is 0.284 e. The summed E-state index contributed by atoms with van der Waals surface area (Å²) in [7, 11) is 0. The maximum Gasteiger partial charge on any atom is 0.284 e. The van der Waals surface area contributed by atoms with Crippen LogP contribution in [0.3, 0.4) is 0 Å². The van der Waals surface area contributed by atoms with E-state index < -0.39 is 0 Å². The summed E-state index contributed by atoms with van der Waals surface area (Å²) in [5, 5.41) is 8.58. The molecule has 0 N–H and O–H groups in total. The standard InChI is InChI=1S/C14H9N3O2S2/c1-8-9(6-7-18-8)12-16-17-13(19-12)21-14-15-10-4-2-3-5-11(10)20-14/h2-7H,1H3. The van der Waals surface area contributed by atoms with Crippen molar-refractivity contribution in [2.24, 2.45) is 0 Å². The maximum atomic E-state index is 5.66. The molecule has 1 aromatic carbocycles. The van der Waals surface area contributed by atoms with Crippen LogP contribution in [0.1, 0.15) is 5.76 Å². The van der Waals surface area contributed by atoms with Crippen LogP contribution in [0.2, 0.25) is 0 Å². The van der Waals surface area contributed by atoms with Gasteiger partial charge in [-0.25, -0.2) is 4.98 Å². The van der Waals surface area contributed by atoms with Crippen molar-refractivity contribution in [3.63, 3.8) is 0 Å². The van der Waals surface area contributed by atoms with Crippen LogP contribution < -0.4 is 0 Å². The van der Waals surface area contributed by atoms with E-state index in [9.17, 15) is 0 Å². The Labute approximate surface area is 128 Å². The van der Waals surface area contributed by atoms with Crippen LogP contribution in [0, 0.1) is 6.92 Å². The van der Waals surface area contributed by atoms with E-state index >= 15 is 0 Å². The molecule has 7 heteroatoms. The predicted molar refractivity (Wildman–Crippen MR) is 80.5 cm³/mol. The van der Waals surface area contributed by atoms with E-state index in [0.29, 0.717) is 11.1 Å². The molecule has 0 spiro atoms. The van der Waals surface area contributed by atoms with E-state index in [0.717, 1.165) is 25.9 Å². The van der Waals surface area contributed by atoms with Gasteiger partial charge in [0.1, 0.15) is 5.76 Å². The second kappa shape index (κ2) is 5.01. The molecular formula is C14H9N3O2S2. The number of furan rings is 1. The van der Waals surface area contributed by atoms with Crippen LogP contribution in [0.4, 0.5) is 0 Å². The second-order valence-electron chi connectivity index (χ2n) is 4.31. The summed E-state index contributed by atoms with van der Waals surface area (Å²) in [6.45, 7) is 1.86. The van der Waals surface area contributed by atoms with Crippen molar-refractivity contribution < 1.29 is 8.83 Å². The first-order valence-corrected chi connectivity index (χ1v) is 7.84. The molecule has 0 fully saturated rings. The molecule has 3 aromatic heterocycles. The van der Waals surface area contributed by atoms with Gasteiger partial charge in [0.15, 0.2) is 4.34 Å². The highest BCUT2D eigenvalue weighted by Crippen LogP contribution is 2.35. The first kappa shape index (κ1) is 12.6. The molecule has 0 atom stereocenters. The average molecular weight is 315 g/mol. The van der Waals surface area contributed by atoms with Crippen molar-refractivity contribution in [2.45, 2.75) is 16.5 Å². The molecule has 0 aliphatic carbocycles. The number of aryl methyl sites for hydroxylation is 1. The maximum absolute atomic E-state index is 5.66. The van der Waals surface area contributed by atoms with Crippen molar-refractivity contribution in [1.29, 1.82) is 0 Å². The Balaban J connectivity index is 1.63. The third-order valence-corrected chi connectivity index (χ3v) is 4.88. The van der Waals surface area contributed by atoms with Gasteiger partial charge in [0.25, 0.3) is 11.1 Å². The minimum atomic E-state index is 0.463. The van der Waals surface area contributed by atoms with Gasteiger partial charge in [-0.05, 0) is 25.1 Å². The van der Waals surface area contributed by atoms with Crippen LogP contribution in [0.5, 0.6) is 0 Å². The first-order valence-electron chi connectivity index (χ1n) is 6.21. The molecule has 3 heterocycles. The van der Waals surface area contributed by atoms with Crippen molar-refractivity contribution >= 4 is 33.3 Å². The summed E-state index contributed by atoms with van der Waals surface area (Å²) in [6, 6.07) is 9.83. The highest BCUT2D eigenvalue weighted by atomic mass is 32.2. The van der Waals surface area contributed by atoms with Gasteiger partial charge < -0.3 is 8.83 Å². The van der Waals surface area contributed by atoms with E-state index in [1.54, 1.807) is 17.6 Å². The summed E-state index contributed by atoms with van der Waals surface area (Å²) in [6.07, 6.45) is 1.61. The lowest BCUT2D eigenvalue weighted by molar-refractivity contribution is 0.463. The molecule has 104 valence electrons. The molecule has 0 aliphatic heterocycles. The number of para-hydroxylation sites is 1.